The normalized spacial score (nSPS) is 13.5. The highest BCUT2D eigenvalue weighted by atomic mass is 16.3. The van der Waals surface area contributed by atoms with Crippen molar-refractivity contribution in [2.24, 2.45) is 0 Å². The molecule has 4 rings (SSSR count). The molecule has 1 aliphatic rings. The van der Waals surface area contributed by atoms with Gasteiger partial charge in [0.15, 0.2) is 5.78 Å². The number of H-pyrrole nitrogens is 3. The lowest BCUT2D eigenvalue weighted by atomic mass is 10.2. The summed E-state index contributed by atoms with van der Waals surface area (Å²) in [5.41, 5.74) is -1.97. The monoisotopic (exact) mass is 612 g/mol. The van der Waals surface area contributed by atoms with Gasteiger partial charge in [0.1, 0.15) is 5.82 Å². The van der Waals surface area contributed by atoms with Crippen molar-refractivity contribution >= 4 is 11.7 Å². The van der Waals surface area contributed by atoms with E-state index in [2.05, 4.69) is 26.8 Å². The number of aliphatic hydroxyl groups is 1. The van der Waals surface area contributed by atoms with E-state index in [1.165, 1.54) is 37.0 Å². The molecule has 0 aromatic carbocycles. The Morgan fingerprint density at radius 2 is 1.14 bits per heavy atom. The Morgan fingerprint density at radius 3 is 1.59 bits per heavy atom. The zero-order chi connectivity index (χ0) is 32.9. The standard InChI is InChI=1S/C14H18N4O4.C13H14N4O5/c1-8-4-17(10(3)15-12(8)20)6-11(19)7-18-5-9(2)13(21)16-14(18)22;1-7-3-16(12(21)14-10(7)19)5-9(18)6-17-4-8(2)11(20)15-13(17)22/h4-5,11,19H,3,6-7H2,1-2H3,(H,15,20)(H,16,21,22);3-4H,5-6H2,1-2H3,(H,14,19,21)(H,15,20,22). The third-order valence-corrected chi connectivity index (χ3v) is 6.39. The SMILES string of the molecule is C=C1NC(=O)C(C)=CN1CC(O)Cn1cc(C)c(=O)[nH]c1=O.Cc1cn(CC(=O)Cn2cc(C)c(=O)[nH]c2=O)c(=O)[nH]c1=O. The predicted molar refractivity (Wildman–Crippen MR) is 157 cm³/mol. The second-order valence-electron chi connectivity index (χ2n) is 10.2. The fourth-order valence-electron chi connectivity index (χ4n) is 4.00. The molecule has 3 aromatic heterocycles. The van der Waals surface area contributed by atoms with Gasteiger partial charge in [-0.1, -0.05) is 6.58 Å². The summed E-state index contributed by atoms with van der Waals surface area (Å²) in [6.45, 7) is 9.54. The summed E-state index contributed by atoms with van der Waals surface area (Å²) in [5, 5.41) is 12.7. The number of carbonyl (C=O) groups is 2. The number of β-amino-alcohol motifs (C(OH)–C–C–N with tert-alkyl or cyclic N) is 1. The molecule has 0 saturated carbocycles. The number of nitrogens with zero attached hydrogens (tertiary/aromatic N) is 4. The molecule has 0 spiro atoms. The molecule has 1 aliphatic heterocycles. The van der Waals surface area contributed by atoms with Crippen molar-refractivity contribution in [3.63, 3.8) is 0 Å². The maximum atomic E-state index is 12.0. The zero-order valence-electron chi connectivity index (χ0n) is 24.4. The lowest BCUT2D eigenvalue weighted by Gasteiger charge is -2.29. The number of amides is 1. The fraction of sp³-hybridized carbons (Fsp3) is 0.333. The molecular weight excluding hydrogens is 580 g/mol. The minimum Gasteiger partial charge on any atom is -0.389 e. The van der Waals surface area contributed by atoms with Crippen LogP contribution in [0.5, 0.6) is 0 Å². The smallest absolute Gasteiger partial charge is 0.328 e. The molecule has 3 aromatic rings. The van der Waals surface area contributed by atoms with Crippen LogP contribution < -0.4 is 39.1 Å². The second-order valence-corrected chi connectivity index (χ2v) is 10.2. The van der Waals surface area contributed by atoms with Gasteiger partial charge < -0.3 is 15.3 Å². The van der Waals surface area contributed by atoms with E-state index in [4.69, 9.17) is 0 Å². The van der Waals surface area contributed by atoms with Gasteiger partial charge in [-0.3, -0.25) is 52.6 Å². The Bertz CT molecular complexity index is 1930. The van der Waals surface area contributed by atoms with E-state index in [-0.39, 0.29) is 32.1 Å². The zero-order valence-corrected chi connectivity index (χ0v) is 24.4. The summed E-state index contributed by atoms with van der Waals surface area (Å²) < 4.78 is 3.36. The number of aryl methyl sites for hydroxylation is 3. The number of Topliss-reactive ketones (excluding diaryl/α,β-unsaturated/α-hetero) is 1. The number of hydrogen-bond donors (Lipinski definition) is 5. The highest BCUT2D eigenvalue weighted by Crippen LogP contribution is 2.11. The number of hydrogen-bond acceptors (Lipinski definition) is 10. The average Bonchev–Trinajstić information content (AvgIpc) is 2.92. The van der Waals surface area contributed by atoms with Crippen LogP contribution in [0.1, 0.15) is 23.6 Å². The molecule has 44 heavy (non-hydrogen) atoms. The van der Waals surface area contributed by atoms with Crippen molar-refractivity contribution in [2.45, 2.75) is 53.4 Å². The fourth-order valence-corrected chi connectivity index (χ4v) is 4.00. The molecule has 17 nitrogen and oxygen atoms in total. The maximum absolute atomic E-state index is 12.0. The van der Waals surface area contributed by atoms with Gasteiger partial charge in [-0.05, 0) is 27.7 Å². The first-order chi connectivity index (χ1) is 20.5. The van der Waals surface area contributed by atoms with Crippen LogP contribution in [0.2, 0.25) is 0 Å². The summed E-state index contributed by atoms with van der Waals surface area (Å²) in [7, 11) is 0. The number of aromatic nitrogens is 6. The van der Waals surface area contributed by atoms with Gasteiger partial charge >= 0.3 is 17.1 Å². The maximum Gasteiger partial charge on any atom is 0.328 e. The molecule has 234 valence electrons. The van der Waals surface area contributed by atoms with E-state index in [0.717, 1.165) is 9.13 Å². The van der Waals surface area contributed by atoms with E-state index in [1.54, 1.807) is 24.9 Å². The van der Waals surface area contributed by atoms with Gasteiger partial charge in [0.25, 0.3) is 22.6 Å². The summed E-state index contributed by atoms with van der Waals surface area (Å²) in [6.07, 6.45) is 4.66. The first kappa shape index (κ1) is 32.9. The number of aromatic amines is 3. The lowest BCUT2D eigenvalue weighted by Crippen LogP contribution is -2.42. The van der Waals surface area contributed by atoms with Gasteiger partial charge in [0.2, 0.25) is 0 Å². The van der Waals surface area contributed by atoms with Gasteiger partial charge in [-0.25, -0.2) is 14.4 Å². The van der Waals surface area contributed by atoms with E-state index in [0.29, 0.717) is 28.1 Å². The van der Waals surface area contributed by atoms with Crippen LogP contribution >= 0.6 is 0 Å². The van der Waals surface area contributed by atoms with Crippen LogP contribution in [0, 0.1) is 20.8 Å². The molecule has 1 atom stereocenters. The van der Waals surface area contributed by atoms with Gasteiger partial charge in [-0.2, -0.15) is 0 Å². The third-order valence-electron chi connectivity index (χ3n) is 6.39. The van der Waals surface area contributed by atoms with E-state index in [1.807, 2.05) is 0 Å². The second kappa shape index (κ2) is 13.6. The minimum absolute atomic E-state index is 0.0149. The van der Waals surface area contributed by atoms with Crippen molar-refractivity contribution in [3.8, 4) is 0 Å². The van der Waals surface area contributed by atoms with Crippen molar-refractivity contribution in [3.05, 3.63) is 122 Å². The Morgan fingerprint density at radius 1 is 0.727 bits per heavy atom. The molecule has 5 N–H and O–H groups in total. The van der Waals surface area contributed by atoms with Crippen LogP contribution in [-0.2, 0) is 29.2 Å². The summed E-state index contributed by atoms with van der Waals surface area (Å²) in [5.74, 6) is -0.301. The number of aliphatic hydroxyl groups excluding tert-OH is 1. The average molecular weight is 613 g/mol. The minimum atomic E-state index is -0.890. The van der Waals surface area contributed by atoms with E-state index >= 15 is 0 Å². The molecule has 0 fully saturated rings. The topological polar surface area (TPSA) is 234 Å². The molecule has 4 heterocycles. The Hall–Kier alpha value is -5.58. The molecule has 17 heteroatoms. The largest absolute Gasteiger partial charge is 0.389 e. The molecule has 1 amide bonds. The summed E-state index contributed by atoms with van der Waals surface area (Å²) in [6, 6.07) is 0. The number of rotatable bonds is 8. The third kappa shape index (κ3) is 8.25. The van der Waals surface area contributed by atoms with Crippen molar-refractivity contribution < 1.29 is 14.7 Å². The van der Waals surface area contributed by atoms with Crippen LogP contribution in [0.15, 0.2) is 71.5 Å². The molecular formula is C27H32N8O9. The number of carbonyl (C=O) groups excluding carboxylic acids is 2. The van der Waals surface area contributed by atoms with Crippen molar-refractivity contribution in [2.75, 3.05) is 6.54 Å². The van der Waals surface area contributed by atoms with Crippen LogP contribution in [0.3, 0.4) is 0 Å². The lowest BCUT2D eigenvalue weighted by molar-refractivity contribution is -0.120. The van der Waals surface area contributed by atoms with E-state index in [9.17, 15) is 43.5 Å². The Kier molecular flexibility index (Phi) is 10.2. The van der Waals surface area contributed by atoms with Gasteiger partial charge in [0, 0.05) is 47.1 Å². The first-order valence-electron chi connectivity index (χ1n) is 13.1. The van der Waals surface area contributed by atoms with Crippen LogP contribution in [-0.4, -0.2) is 63.0 Å². The first-order valence-corrected chi connectivity index (χ1v) is 13.1. The van der Waals surface area contributed by atoms with Crippen LogP contribution in [0.4, 0.5) is 0 Å². The predicted octanol–water partition coefficient (Wildman–Crippen LogP) is -2.71. The quantitative estimate of drug-likeness (QED) is 0.176. The van der Waals surface area contributed by atoms with Crippen molar-refractivity contribution in [1.82, 2.24) is 38.9 Å². The highest BCUT2D eigenvalue weighted by Gasteiger charge is 2.20. The Labute approximate surface area is 247 Å². The van der Waals surface area contributed by atoms with Crippen molar-refractivity contribution in [1.29, 1.82) is 0 Å². The van der Waals surface area contributed by atoms with E-state index < -0.39 is 45.6 Å². The van der Waals surface area contributed by atoms with Gasteiger partial charge in [0.05, 0.1) is 32.3 Å². The molecule has 0 aliphatic carbocycles. The summed E-state index contributed by atoms with van der Waals surface area (Å²) >= 11 is 0. The molecule has 1 unspecified atom stereocenters. The number of ketones is 1. The molecule has 0 radical (unpaired) electrons. The number of nitrogens with one attached hydrogen (secondary N) is 4. The molecule has 0 saturated heterocycles. The molecule has 0 bridgehead atoms. The van der Waals surface area contributed by atoms with Crippen LogP contribution in [0.25, 0.3) is 0 Å². The summed E-state index contributed by atoms with van der Waals surface area (Å²) in [4.78, 5) is 100. The van der Waals surface area contributed by atoms with Gasteiger partial charge in [-0.15, -0.1) is 0 Å². The Balaban J connectivity index is 0.000000240. The highest BCUT2D eigenvalue weighted by molar-refractivity contribution is 5.94.